The van der Waals surface area contributed by atoms with Gasteiger partial charge in [-0.15, -0.1) is 0 Å². The van der Waals surface area contributed by atoms with E-state index in [1.54, 1.807) is 0 Å². The number of allylic oxidation sites excluding steroid dienone is 4. The lowest BCUT2D eigenvalue weighted by molar-refractivity contribution is -0.142. The molecule has 6 heteroatoms. The first-order valence-corrected chi connectivity index (χ1v) is 12.8. The Morgan fingerprint density at radius 1 is 0.838 bits per heavy atom. The minimum Gasteiger partial charge on any atom is -0.469 e. The first-order chi connectivity index (χ1) is 17.4. The molecular formula is C31H38N4O2. The Morgan fingerprint density at radius 3 is 1.86 bits per heavy atom. The Morgan fingerprint density at radius 2 is 1.38 bits per heavy atom. The average Bonchev–Trinajstić information content (AvgIpc) is 3.53. The van der Waals surface area contributed by atoms with Crippen LogP contribution in [-0.2, 0) is 16.0 Å². The number of carbonyl (C=O) groups is 1. The van der Waals surface area contributed by atoms with Crippen molar-refractivity contribution in [1.29, 1.82) is 0 Å². The fraction of sp³-hybridized carbons (Fsp3) is 0.387. The second-order valence-electron chi connectivity index (χ2n) is 10.3. The molecule has 194 valence electrons. The number of aliphatic imine (C=N–C) groups is 2. The van der Waals surface area contributed by atoms with Crippen LogP contribution in [0.3, 0.4) is 0 Å². The first-order valence-electron chi connectivity index (χ1n) is 12.8. The molecule has 0 bridgehead atoms. The highest BCUT2D eigenvalue weighted by molar-refractivity contribution is 6.14. The Hall–Kier alpha value is -3.67. The molecule has 0 fully saturated rings. The molecule has 4 rings (SSSR count). The van der Waals surface area contributed by atoms with E-state index in [1.165, 1.54) is 51.9 Å². The van der Waals surface area contributed by atoms with Crippen LogP contribution in [0.5, 0.6) is 0 Å². The second-order valence-corrected chi connectivity index (χ2v) is 10.3. The molecule has 2 aliphatic heterocycles. The summed E-state index contributed by atoms with van der Waals surface area (Å²) in [5.74, 6) is -0.664. The minimum absolute atomic E-state index is 0.269. The second kappa shape index (κ2) is 10.0. The van der Waals surface area contributed by atoms with E-state index in [0.29, 0.717) is 0 Å². The zero-order chi connectivity index (χ0) is 27.2. The van der Waals surface area contributed by atoms with E-state index in [1.807, 2.05) is 20.1 Å². The molecule has 2 aromatic rings. The number of nitrogens with one attached hydrogen (secondary N) is 2. The van der Waals surface area contributed by atoms with Gasteiger partial charge in [-0.1, -0.05) is 0 Å². The van der Waals surface area contributed by atoms with Gasteiger partial charge in [0.25, 0.3) is 0 Å². The van der Waals surface area contributed by atoms with E-state index >= 15 is 0 Å². The molecule has 0 unspecified atom stereocenters. The number of hydrogen-bond acceptors (Lipinski definition) is 4. The monoisotopic (exact) mass is 498 g/mol. The molecule has 0 saturated carbocycles. The first kappa shape index (κ1) is 26.4. The third-order valence-corrected chi connectivity index (χ3v) is 8.23. The van der Waals surface area contributed by atoms with Gasteiger partial charge in [-0.05, 0) is 119 Å². The molecule has 6 nitrogen and oxygen atoms in total. The fourth-order valence-electron chi connectivity index (χ4n) is 4.89. The molecule has 2 N–H and O–H groups in total. The molecule has 4 heterocycles. The third kappa shape index (κ3) is 4.73. The summed E-state index contributed by atoms with van der Waals surface area (Å²) in [6, 6.07) is 0. The maximum absolute atomic E-state index is 12.1. The summed E-state index contributed by atoms with van der Waals surface area (Å²) >= 11 is 0. The van der Waals surface area contributed by atoms with E-state index in [2.05, 4.69) is 75.6 Å². The van der Waals surface area contributed by atoms with Crippen molar-refractivity contribution in [2.75, 3.05) is 7.11 Å². The zero-order valence-corrected chi connectivity index (χ0v) is 23.7. The zero-order valence-electron chi connectivity index (χ0n) is 23.7. The lowest BCUT2D eigenvalue weighted by Crippen LogP contribution is -2.22. The quantitative estimate of drug-likeness (QED) is 0.426. The van der Waals surface area contributed by atoms with Crippen molar-refractivity contribution in [3.8, 4) is 0 Å². The number of esters is 1. The average molecular weight is 499 g/mol. The van der Waals surface area contributed by atoms with Crippen LogP contribution in [0, 0.1) is 33.6 Å². The van der Waals surface area contributed by atoms with Crippen molar-refractivity contribution in [2.45, 2.75) is 68.7 Å². The molecule has 37 heavy (non-hydrogen) atoms. The molecule has 1 atom stereocenters. The number of carbonyl (C=O) groups excluding carboxylic acids is 1. The normalized spacial score (nSPS) is 18.6. The highest BCUT2D eigenvalue weighted by atomic mass is 16.5. The van der Waals surface area contributed by atoms with Crippen LogP contribution >= 0.6 is 0 Å². The minimum atomic E-state index is -0.394. The van der Waals surface area contributed by atoms with Crippen LogP contribution in [0.1, 0.15) is 79.6 Å². The maximum Gasteiger partial charge on any atom is 0.314 e. The van der Waals surface area contributed by atoms with Crippen LogP contribution in [0.4, 0.5) is 0 Å². The van der Waals surface area contributed by atoms with Crippen molar-refractivity contribution in [1.82, 2.24) is 9.97 Å². The number of aromatic nitrogens is 2. The van der Waals surface area contributed by atoms with Crippen LogP contribution < -0.4 is 0 Å². The van der Waals surface area contributed by atoms with Gasteiger partial charge < -0.3 is 14.7 Å². The van der Waals surface area contributed by atoms with Gasteiger partial charge >= 0.3 is 5.97 Å². The van der Waals surface area contributed by atoms with Crippen molar-refractivity contribution in [2.24, 2.45) is 15.9 Å². The van der Waals surface area contributed by atoms with Gasteiger partial charge in [0.15, 0.2) is 0 Å². The van der Waals surface area contributed by atoms with Crippen molar-refractivity contribution in [3.05, 3.63) is 78.7 Å². The lowest BCUT2D eigenvalue weighted by Gasteiger charge is -2.09. The molecule has 0 spiro atoms. The third-order valence-electron chi connectivity index (χ3n) is 8.23. The van der Waals surface area contributed by atoms with Crippen LogP contribution in [-0.4, -0.2) is 35.0 Å². The number of H-pyrrole nitrogens is 2. The van der Waals surface area contributed by atoms with E-state index < -0.39 is 5.92 Å². The van der Waals surface area contributed by atoms with E-state index in [4.69, 9.17) is 9.73 Å². The summed E-state index contributed by atoms with van der Waals surface area (Å²) < 4.78 is 4.94. The molecule has 2 aliphatic rings. The summed E-state index contributed by atoms with van der Waals surface area (Å²) in [7, 11) is 1.42. The van der Waals surface area contributed by atoms with Gasteiger partial charge in [0.2, 0.25) is 0 Å². The number of methoxy groups -OCH3 is 1. The van der Waals surface area contributed by atoms with E-state index in [9.17, 15) is 4.79 Å². The van der Waals surface area contributed by atoms with Crippen LogP contribution in [0.25, 0.3) is 12.2 Å². The Kier molecular flexibility index (Phi) is 7.13. The predicted molar refractivity (Wildman–Crippen MR) is 153 cm³/mol. The number of aromatic amines is 2. The number of rotatable bonds is 6. The van der Waals surface area contributed by atoms with Crippen molar-refractivity contribution < 1.29 is 9.53 Å². The van der Waals surface area contributed by atoms with Gasteiger partial charge in [0.1, 0.15) is 0 Å². The molecule has 0 aromatic carbocycles. The lowest BCUT2D eigenvalue weighted by atomic mass is 9.98. The molecular weight excluding hydrogens is 460 g/mol. The number of ether oxygens (including phenoxy) is 1. The molecule has 2 aromatic heterocycles. The smallest absolute Gasteiger partial charge is 0.314 e. The van der Waals surface area contributed by atoms with Crippen molar-refractivity contribution >= 4 is 30.0 Å². The van der Waals surface area contributed by atoms with E-state index in [0.717, 1.165) is 46.1 Å². The molecule has 0 saturated heterocycles. The molecule has 0 amide bonds. The van der Waals surface area contributed by atoms with Crippen LogP contribution in [0.2, 0.25) is 0 Å². The highest BCUT2D eigenvalue weighted by Gasteiger charge is 2.27. The topological polar surface area (TPSA) is 82.6 Å². The fourth-order valence-corrected chi connectivity index (χ4v) is 4.89. The molecule has 0 aliphatic carbocycles. The Bertz CT molecular complexity index is 1480. The van der Waals surface area contributed by atoms with Crippen LogP contribution in [0.15, 0.2) is 43.7 Å². The Balaban J connectivity index is 1.65. The Labute approximate surface area is 220 Å². The summed E-state index contributed by atoms with van der Waals surface area (Å²) in [6.07, 6.45) is 6.96. The van der Waals surface area contributed by atoms with Crippen molar-refractivity contribution in [3.63, 3.8) is 0 Å². The summed E-state index contributed by atoms with van der Waals surface area (Å²) in [5, 5.41) is 0. The molecule has 0 radical (unpaired) electrons. The number of nitrogens with zero attached hydrogens (tertiary/aromatic N) is 2. The summed E-state index contributed by atoms with van der Waals surface area (Å²) in [4.78, 5) is 28.8. The predicted octanol–water partition coefficient (Wildman–Crippen LogP) is 6.87. The van der Waals surface area contributed by atoms with Gasteiger partial charge in [-0.2, -0.15) is 0 Å². The summed E-state index contributed by atoms with van der Waals surface area (Å²) in [6.45, 7) is 18.8. The van der Waals surface area contributed by atoms with Gasteiger partial charge in [-0.3, -0.25) is 14.8 Å². The van der Waals surface area contributed by atoms with Gasteiger partial charge in [0, 0.05) is 35.4 Å². The largest absolute Gasteiger partial charge is 0.469 e. The summed E-state index contributed by atoms with van der Waals surface area (Å²) in [5.41, 5.74) is 16.8. The van der Waals surface area contributed by atoms with Gasteiger partial charge in [-0.25, -0.2) is 0 Å². The SMILES string of the molecule is COC(=O)[C@H](C)C1=NC(=Cc2[nH]c(Cc3[nH]c(C=C4N=CC(C)=C4C)c(C)c3C)c(C)c2C)C(C)=C1C. The maximum atomic E-state index is 12.1. The van der Waals surface area contributed by atoms with Gasteiger partial charge in [0.05, 0.1) is 30.1 Å². The number of hydrogen-bond donors (Lipinski definition) is 2. The van der Waals surface area contributed by atoms with E-state index in [-0.39, 0.29) is 5.97 Å². The highest BCUT2D eigenvalue weighted by Crippen LogP contribution is 2.32. The standard InChI is InChI=1S/C31H38N4O2/c1-15-14-32-24(16(15)2)11-25-17(3)18(4)26(33-25)12-27-19(5)20(6)28(34-27)13-29-21(7)22(8)30(35-29)23(9)31(36)37-10/h11,13-14,23,33-34H,12H2,1-10H3/t23-/m1/s1.